The molecule has 2 aromatic carbocycles. The first-order valence-corrected chi connectivity index (χ1v) is 10.1. The van der Waals surface area contributed by atoms with E-state index in [0.29, 0.717) is 10.1 Å². The Kier molecular flexibility index (Phi) is 6.28. The molecule has 0 spiro atoms. The largest absolute Gasteiger partial charge is 0.511 e. The standard InChI is InChI=1S/C21H13ClF3N5O6/c22-15-11(2-1-3-13(15)21(23,24)25)8-30-17(31)14(35-20(33)34)9-29(19(30)32)12-6-4-10(5-7-12)16-27-28-18(26)36-16/h1-7,9H,8H2,(H2,26,28)(H,33,34). The fraction of sp³-hybridized carbons (Fsp3) is 0.0952. The van der Waals surface area contributed by atoms with E-state index in [1.807, 2.05) is 0 Å². The number of benzene rings is 2. The Morgan fingerprint density at radius 1 is 1.14 bits per heavy atom. The van der Waals surface area contributed by atoms with E-state index in [9.17, 15) is 27.6 Å². The summed E-state index contributed by atoms with van der Waals surface area (Å²) in [4.78, 5) is 37.1. The summed E-state index contributed by atoms with van der Waals surface area (Å²) in [6, 6.07) is 8.62. The van der Waals surface area contributed by atoms with Crippen LogP contribution in [0.3, 0.4) is 0 Å². The fourth-order valence-corrected chi connectivity index (χ4v) is 3.57. The van der Waals surface area contributed by atoms with E-state index in [-0.39, 0.29) is 23.2 Å². The number of nitrogens with zero attached hydrogens (tertiary/aromatic N) is 4. The number of halogens is 4. The Bertz CT molecular complexity index is 1580. The number of hydrogen-bond donors (Lipinski definition) is 2. The zero-order chi connectivity index (χ0) is 26.2. The highest BCUT2D eigenvalue weighted by Crippen LogP contribution is 2.36. The minimum atomic E-state index is -4.78. The van der Waals surface area contributed by atoms with Crippen LogP contribution in [0.15, 0.2) is 62.7 Å². The van der Waals surface area contributed by atoms with Gasteiger partial charge in [0.2, 0.25) is 11.6 Å². The number of carboxylic acid groups (broad SMARTS) is 1. The highest BCUT2D eigenvalue weighted by molar-refractivity contribution is 6.32. The summed E-state index contributed by atoms with van der Waals surface area (Å²) in [6.07, 6.45) is -5.77. The molecule has 0 atom stereocenters. The SMILES string of the molecule is Nc1nnc(-c2ccc(-n3cc(OC(=O)O)c(=O)n(Cc4cccc(C(F)(F)F)c4Cl)c3=O)cc2)o1. The van der Waals surface area contributed by atoms with E-state index in [1.54, 1.807) is 0 Å². The average molecular weight is 524 g/mol. The third-order valence-corrected chi connectivity index (χ3v) is 5.33. The molecule has 2 aromatic heterocycles. The molecule has 0 aliphatic rings. The molecule has 0 radical (unpaired) electrons. The Morgan fingerprint density at radius 2 is 1.83 bits per heavy atom. The van der Waals surface area contributed by atoms with Gasteiger partial charge in [0.25, 0.3) is 5.56 Å². The molecule has 0 fully saturated rings. The van der Waals surface area contributed by atoms with E-state index >= 15 is 0 Å². The number of anilines is 1. The van der Waals surface area contributed by atoms with E-state index < -0.39 is 46.5 Å². The maximum atomic E-state index is 13.2. The lowest BCUT2D eigenvalue weighted by atomic mass is 10.1. The van der Waals surface area contributed by atoms with Gasteiger partial charge in [-0.2, -0.15) is 13.2 Å². The molecule has 0 aliphatic carbocycles. The second kappa shape index (κ2) is 9.22. The van der Waals surface area contributed by atoms with Gasteiger partial charge in [-0.1, -0.05) is 28.8 Å². The number of hydrogen-bond acceptors (Lipinski definition) is 8. The molecule has 4 rings (SSSR count). The molecule has 11 nitrogen and oxygen atoms in total. The molecular weight excluding hydrogens is 511 g/mol. The average Bonchev–Trinajstić information content (AvgIpc) is 3.25. The van der Waals surface area contributed by atoms with Gasteiger partial charge in [-0.15, -0.1) is 5.10 Å². The number of nitrogen functional groups attached to an aromatic ring is 1. The van der Waals surface area contributed by atoms with Gasteiger partial charge in [0.05, 0.1) is 29.0 Å². The monoisotopic (exact) mass is 523 g/mol. The van der Waals surface area contributed by atoms with E-state index in [0.717, 1.165) is 22.9 Å². The van der Waals surface area contributed by atoms with Gasteiger partial charge in [-0.05, 0) is 35.9 Å². The summed E-state index contributed by atoms with van der Waals surface area (Å²) in [5, 5.41) is 15.5. The van der Waals surface area contributed by atoms with E-state index in [1.165, 1.54) is 30.3 Å². The predicted molar refractivity (Wildman–Crippen MR) is 118 cm³/mol. The molecule has 186 valence electrons. The molecule has 3 N–H and O–H groups in total. The lowest BCUT2D eigenvalue weighted by Crippen LogP contribution is -2.40. The van der Waals surface area contributed by atoms with Gasteiger partial charge >= 0.3 is 24.0 Å². The maximum absolute atomic E-state index is 13.2. The van der Waals surface area contributed by atoms with Crippen LogP contribution < -0.4 is 21.7 Å². The third kappa shape index (κ3) is 4.79. The summed E-state index contributed by atoms with van der Waals surface area (Å²) in [7, 11) is 0. The maximum Gasteiger partial charge on any atom is 0.511 e. The first kappa shape index (κ1) is 24.5. The van der Waals surface area contributed by atoms with Crippen LogP contribution in [0.25, 0.3) is 17.1 Å². The van der Waals surface area contributed by atoms with Crippen molar-refractivity contribution in [2.75, 3.05) is 5.73 Å². The summed E-state index contributed by atoms with van der Waals surface area (Å²) < 4.78 is 50.8. The van der Waals surface area contributed by atoms with Crippen molar-refractivity contribution < 1.29 is 32.2 Å². The van der Waals surface area contributed by atoms with Crippen LogP contribution >= 0.6 is 11.6 Å². The van der Waals surface area contributed by atoms with Crippen LogP contribution in [-0.2, 0) is 12.7 Å². The van der Waals surface area contributed by atoms with Crippen LogP contribution in [0.5, 0.6) is 5.75 Å². The van der Waals surface area contributed by atoms with Crippen molar-refractivity contribution in [3.05, 3.63) is 85.6 Å². The van der Waals surface area contributed by atoms with Gasteiger partial charge in [0, 0.05) is 5.56 Å². The van der Waals surface area contributed by atoms with Crippen molar-refractivity contribution in [2.24, 2.45) is 0 Å². The number of alkyl halides is 3. The number of carbonyl (C=O) groups is 1. The Morgan fingerprint density at radius 3 is 2.42 bits per heavy atom. The number of nitrogens with two attached hydrogens (primary N) is 1. The summed E-state index contributed by atoms with van der Waals surface area (Å²) in [5.41, 5.74) is 2.43. The van der Waals surface area contributed by atoms with Crippen molar-refractivity contribution >= 4 is 23.8 Å². The van der Waals surface area contributed by atoms with E-state index in [4.69, 9.17) is 26.9 Å². The zero-order valence-electron chi connectivity index (χ0n) is 17.7. The van der Waals surface area contributed by atoms with Gasteiger partial charge in [0.15, 0.2) is 0 Å². The molecular formula is C21H13ClF3N5O6. The Hall–Kier alpha value is -4.59. The van der Waals surface area contributed by atoms with Crippen molar-refractivity contribution in [3.8, 4) is 22.9 Å². The number of ether oxygens (including phenoxy) is 1. The predicted octanol–water partition coefficient (Wildman–Crippen LogP) is 3.41. The van der Waals surface area contributed by atoms with Gasteiger partial charge in [-0.3, -0.25) is 13.9 Å². The molecule has 4 aromatic rings. The van der Waals surface area contributed by atoms with Crippen molar-refractivity contribution in [1.82, 2.24) is 19.3 Å². The lowest BCUT2D eigenvalue weighted by Gasteiger charge is -2.15. The summed E-state index contributed by atoms with van der Waals surface area (Å²) in [6.45, 7) is -0.698. The van der Waals surface area contributed by atoms with Crippen LogP contribution in [0, 0.1) is 0 Å². The van der Waals surface area contributed by atoms with Crippen molar-refractivity contribution in [3.63, 3.8) is 0 Å². The molecule has 0 saturated heterocycles. The van der Waals surface area contributed by atoms with Crippen LogP contribution in [0.2, 0.25) is 5.02 Å². The topological polar surface area (TPSA) is 155 Å². The fourth-order valence-electron chi connectivity index (χ4n) is 3.27. The number of aromatic nitrogens is 4. The second-order valence-electron chi connectivity index (χ2n) is 7.17. The van der Waals surface area contributed by atoms with E-state index in [2.05, 4.69) is 14.9 Å². The second-order valence-corrected chi connectivity index (χ2v) is 7.55. The smallest absolute Gasteiger partial charge is 0.449 e. The Balaban J connectivity index is 1.83. The molecule has 15 heteroatoms. The third-order valence-electron chi connectivity index (χ3n) is 4.88. The first-order valence-electron chi connectivity index (χ1n) is 9.77. The molecule has 0 amide bonds. The molecule has 0 saturated carbocycles. The first-order chi connectivity index (χ1) is 17.0. The molecule has 2 heterocycles. The minimum absolute atomic E-state index is 0.0884. The lowest BCUT2D eigenvalue weighted by molar-refractivity contribution is -0.137. The minimum Gasteiger partial charge on any atom is -0.449 e. The molecule has 0 aliphatic heterocycles. The number of rotatable bonds is 5. The molecule has 36 heavy (non-hydrogen) atoms. The quantitative estimate of drug-likeness (QED) is 0.374. The highest BCUT2D eigenvalue weighted by atomic mass is 35.5. The van der Waals surface area contributed by atoms with Crippen LogP contribution in [0.4, 0.5) is 24.0 Å². The Labute approximate surface area is 202 Å². The van der Waals surface area contributed by atoms with Crippen molar-refractivity contribution in [2.45, 2.75) is 12.7 Å². The van der Waals surface area contributed by atoms with Crippen LogP contribution in [0.1, 0.15) is 11.1 Å². The van der Waals surface area contributed by atoms with Gasteiger partial charge < -0.3 is 20.0 Å². The summed E-state index contributed by atoms with van der Waals surface area (Å²) >= 11 is 5.91. The van der Waals surface area contributed by atoms with Crippen LogP contribution in [-0.4, -0.2) is 30.6 Å². The zero-order valence-corrected chi connectivity index (χ0v) is 18.4. The molecule has 0 bridgehead atoms. The normalized spacial score (nSPS) is 11.4. The highest BCUT2D eigenvalue weighted by Gasteiger charge is 2.34. The molecule has 0 unspecified atom stereocenters. The van der Waals surface area contributed by atoms with Gasteiger partial charge in [0.1, 0.15) is 0 Å². The van der Waals surface area contributed by atoms with Crippen molar-refractivity contribution in [1.29, 1.82) is 0 Å². The van der Waals surface area contributed by atoms with Gasteiger partial charge in [-0.25, -0.2) is 9.59 Å². The summed E-state index contributed by atoms with van der Waals surface area (Å²) in [5.74, 6) is -0.676.